The summed E-state index contributed by atoms with van der Waals surface area (Å²) < 4.78 is 19.9. The van der Waals surface area contributed by atoms with E-state index in [2.05, 4.69) is 14.8 Å². The number of hydrogen-bond acceptors (Lipinski definition) is 7. The Morgan fingerprint density at radius 2 is 1.43 bits per heavy atom. The molecule has 1 amide bonds. The summed E-state index contributed by atoms with van der Waals surface area (Å²) in [4.78, 5) is 34.9. The lowest BCUT2D eigenvalue weighted by Crippen LogP contribution is -2.28. The Kier molecular flexibility index (Phi) is 7.38. The Hall–Kier alpha value is -3.55. The molecule has 2 aromatic carbocycles. The monoisotopic (exact) mass is 387 g/mol. The molecular weight excluding hydrogens is 366 g/mol. The molecule has 148 valence electrons. The Bertz CT molecular complexity index is 846. The first kappa shape index (κ1) is 20.8. The van der Waals surface area contributed by atoms with Crippen molar-refractivity contribution in [3.05, 3.63) is 59.2 Å². The molecule has 8 nitrogen and oxygen atoms in total. The van der Waals surface area contributed by atoms with Gasteiger partial charge in [-0.05, 0) is 35.9 Å². The normalized spacial score (nSPS) is 9.96. The van der Waals surface area contributed by atoms with Gasteiger partial charge in [-0.1, -0.05) is 12.1 Å². The minimum atomic E-state index is -0.499. The number of esters is 2. The van der Waals surface area contributed by atoms with Crippen molar-refractivity contribution < 1.29 is 33.3 Å². The third kappa shape index (κ3) is 5.47. The summed E-state index contributed by atoms with van der Waals surface area (Å²) in [6.07, 6.45) is 0. The first-order valence-corrected chi connectivity index (χ1v) is 8.31. The molecule has 8 heteroatoms. The Balaban J connectivity index is 1.88. The fourth-order valence-corrected chi connectivity index (χ4v) is 2.30. The van der Waals surface area contributed by atoms with Gasteiger partial charge in [0.25, 0.3) is 5.91 Å². The van der Waals surface area contributed by atoms with Crippen LogP contribution in [0.25, 0.3) is 0 Å². The molecule has 0 saturated carbocycles. The zero-order chi connectivity index (χ0) is 20.5. The summed E-state index contributed by atoms with van der Waals surface area (Å²) in [6, 6.07) is 11.2. The number of amides is 1. The molecule has 0 aliphatic heterocycles. The number of rotatable bonds is 8. The molecule has 0 spiro atoms. The first-order chi connectivity index (χ1) is 13.5. The van der Waals surface area contributed by atoms with E-state index in [-0.39, 0.29) is 19.1 Å². The van der Waals surface area contributed by atoms with Crippen LogP contribution in [0.5, 0.6) is 11.5 Å². The van der Waals surface area contributed by atoms with Gasteiger partial charge in [-0.2, -0.15) is 0 Å². The average Bonchev–Trinajstić information content (AvgIpc) is 2.75. The van der Waals surface area contributed by atoms with Crippen molar-refractivity contribution in [1.29, 1.82) is 0 Å². The van der Waals surface area contributed by atoms with Gasteiger partial charge >= 0.3 is 11.9 Å². The molecule has 0 aliphatic rings. The van der Waals surface area contributed by atoms with Gasteiger partial charge in [0.15, 0.2) is 18.1 Å². The van der Waals surface area contributed by atoms with Gasteiger partial charge in [-0.15, -0.1) is 0 Å². The molecule has 0 fully saturated rings. The van der Waals surface area contributed by atoms with E-state index in [1.807, 2.05) is 0 Å². The summed E-state index contributed by atoms with van der Waals surface area (Å²) in [6.45, 7) is 0.0518. The van der Waals surface area contributed by atoms with Crippen LogP contribution in [0.1, 0.15) is 26.3 Å². The van der Waals surface area contributed by atoms with Gasteiger partial charge in [0, 0.05) is 6.54 Å². The lowest BCUT2D eigenvalue weighted by Gasteiger charge is -2.12. The van der Waals surface area contributed by atoms with Crippen molar-refractivity contribution >= 4 is 17.8 Å². The van der Waals surface area contributed by atoms with Crippen molar-refractivity contribution in [1.82, 2.24) is 5.32 Å². The molecule has 1 N–H and O–H groups in total. The van der Waals surface area contributed by atoms with E-state index in [4.69, 9.17) is 9.47 Å². The van der Waals surface area contributed by atoms with Gasteiger partial charge in [-0.25, -0.2) is 9.59 Å². The SMILES string of the molecule is COC(=O)c1ccc(CNC(=O)COc2ccc(C(=O)OC)cc2OC)cc1. The summed E-state index contributed by atoms with van der Waals surface area (Å²) >= 11 is 0. The molecule has 0 aromatic heterocycles. The van der Waals surface area contributed by atoms with Crippen LogP contribution in [0.4, 0.5) is 0 Å². The van der Waals surface area contributed by atoms with Crippen LogP contribution in [-0.2, 0) is 20.8 Å². The molecule has 28 heavy (non-hydrogen) atoms. The van der Waals surface area contributed by atoms with Crippen LogP contribution >= 0.6 is 0 Å². The Morgan fingerprint density at radius 3 is 2.04 bits per heavy atom. The van der Waals surface area contributed by atoms with Gasteiger partial charge in [0.2, 0.25) is 0 Å². The molecule has 0 unspecified atom stereocenters. The van der Waals surface area contributed by atoms with Gasteiger partial charge in [-0.3, -0.25) is 4.79 Å². The minimum Gasteiger partial charge on any atom is -0.493 e. The highest BCUT2D eigenvalue weighted by atomic mass is 16.5. The van der Waals surface area contributed by atoms with E-state index < -0.39 is 11.9 Å². The topological polar surface area (TPSA) is 100 Å². The third-order valence-electron chi connectivity index (χ3n) is 3.81. The standard InChI is InChI=1S/C20H21NO7/c1-25-17-10-15(20(24)27-3)8-9-16(17)28-12-18(22)21-11-13-4-6-14(7-5-13)19(23)26-2/h4-10H,11-12H2,1-3H3,(H,21,22). The highest BCUT2D eigenvalue weighted by Crippen LogP contribution is 2.28. The van der Waals surface area contributed by atoms with Crippen molar-refractivity contribution in [2.75, 3.05) is 27.9 Å². The lowest BCUT2D eigenvalue weighted by molar-refractivity contribution is -0.123. The number of hydrogen-bond donors (Lipinski definition) is 1. The quantitative estimate of drug-likeness (QED) is 0.691. The maximum atomic E-state index is 12.0. The van der Waals surface area contributed by atoms with E-state index in [9.17, 15) is 14.4 Å². The molecule has 2 rings (SSSR count). The maximum Gasteiger partial charge on any atom is 0.337 e. The molecular formula is C20H21NO7. The van der Waals surface area contributed by atoms with Crippen molar-refractivity contribution in [2.45, 2.75) is 6.54 Å². The van der Waals surface area contributed by atoms with E-state index >= 15 is 0 Å². The van der Waals surface area contributed by atoms with Crippen LogP contribution < -0.4 is 14.8 Å². The van der Waals surface area contributed by atoms with Gasteiger partial charge in [0.1, 0.15) is 0 Å². The predicted octanol–water partition coefficient (Wildman–Crippen LogP) is 1.96. The molecule has 0 aliphatic carbocycles. The van der Waals surface area contributed by atoms with Crippen molar-refractivity contribution in [3.8, 4) is 11.5 Å². The van der Waals surface area contributed by atoms with Crippen LogP contribution in [0.3, 0.4) is 0 Å². The van der Waals surface area contributed by atoms with Gasteiger partial charge in [0.05, 0.1) is 32.5 Å². The van der Waals surface area contributed by atoms with Crippen LogP contribution in [0, 0.1) is 0 Å². The van der Waals surface area contributed by atoms with Crippen LogP contribution in [-0.4, -0.2) is 45.8 Å². The largest absolute Gasteiger partial charge is 0.493 e. The van der Waals surface area contributed by atoms with Crippen LogP contribution in [0.2, 0.25) is 0 Å². The van der Waals surface area contributed by atoms with E-state index in [0.717, 1.165) is 5.56 Å². The molecule has 0 radical (unpaired) electrons. The summed E-state index contributed by atoms with van der Waals surface area (Å²) in [7, 11) is 4.03. The summed E-state index contributed by atoms with van der Waals surface area (Å²) in [5.41, 5.74) is 1.57. The number of benzene rings is 2. The smallest absolute Gasteiger partial charge is 0.337 e. The van der Waals surface area contributed by atoms with E-state index in [1.165, 1.54) is 39.5 Å². The molecule has 0 bridgehead atoms. The second-order valence-corrected chi connectivity index (χ2v) is 5.61. The molecule has 0 heterocycles. The third-order valence-corrected chi connectivity index (χ3v) is 3.81. The minimum absolute atomic E-state index is 0.228. The summed E-state index contributed by atoms with van der Waals surface area (Å²) in [5.74, 6) is -0.616. The predicted molar refractivity (Wildman–Crippen MR) is 99.5 cm³/mol. The van der Waals surface area contributed by atoms with E-state index in [0.29, 0.717) is 22.6 Å². The maximum absolute atomic E-state index is 12.0. The number of ether oxygens (including phenoxy) is 4. The van der Waals surface area contributed by atoms with E-state index in [1.54, 1.807) is 24.3 Å². The highest BCUT2D eigenvalue weighted by Gasteiger charge is 2.13. The first-order valence-electron chi connectivity index (χ1n) is 8.31. The average molecular weight is 387 g/mol. The summed E-state index contributed by atoms with van der Waals surface area (Å²) in [5, 5.41) is 2.71. The second-order valence-electron chi connectivity index (χ2n) is 5.61. The molecule has 0 saturated heterocycles. The lowest BCUT2D eigenvalue weighted by atomic mass is 10.1. The fraction of sp³-hybridized carbons (Fsp3) is 0.250. The van der Waals surface area contributed by atoms with Crippen molar-refractivity contribution in [3.63, 3.8) is 0 Å². The Morgan fingerprint density at radius 1 is 0.821 bits per heavy atom. The second kappa shape index (κ2) is 9.96. The molecule has 2 aromatic rings. The number of methoxy groups -OCH3 is 3. The van der Waals surface area contributed by atoms with Crippen LogP contribution in [0.15, 0.2) is 42.5 Å². The highest BCUT2D eigenvalue weighted by molar-refractivity contribution is 5.90. The number of carbonyl (C=O) groups excluding carboxylic acids is 3. The fourth-order valence-electron chi connectivity index (χ4n) is 2.30. The molecule has 0 atom stereocenters. The van der Waals surface area contributed by atoms with Crippen molar-refractivity contribution in [2.24, 2.45) is 0 Å². The number of nitrogens with one attached hydrogen (secondary N) is 1. The zero-order valence-corrected chi connectivity index (χ0v) is 15.8. The number of carbonyl (C=O) groups is 3. The zero-order valence-electron chi connectivity index (χ0n) is 15.8. The Labute approximate surface area is 162 Å². The van der Waals surface area contributed by atoms with Gasteiger partial charge < -0.3 is 24.3 Å².